The molecule has 0 bridgehead atoms. The molecule has 0 aliphatic heterocycles. The van der Waals surface area contributed by atoms with Crippen LogP contribution in [0, 0.1) is 0 Å². The number of nitrogens with zero attached hydrogens (tertiary/aromatic N) is 1. The van der Waals surface area contributed by atoms with E-state index >= 15 is 0 Å². The van der Waals surface area contributed by atoms with Crippen LogP contribution < -0.4 is 11.0 Å². The standard InChI is InChI=1S/C19H17ClN4O4/c20-14-3-1-2-13(9-14)12-6-4-11(5-7-12)8-15(10-16(25)26)21-18(27)17-22-19(28)24-23-17/h1-7,9,15H,8,10H2,(H,21,27)(H,25,26)(H2,22,23,24,28). The van der Waals surface area contributed by atoms with E-state index in [1.165, 1.54) is 0 Å². The Balaban J connectivity index is 1.72. The molecule has 1 heterocycles. The van der Waals surface area contributed by atoms with Gasteiger partial charge in [0.25, 0.3) is 5.91 Å². The third kappa shape index (κ3) is 5.08. The first kappa shape index (κ1) is 19.4. The molecule has 1 unspecified atom stereocenters. The number of hydrogen-bond acceptors (Lipinski definition) is 4. The molecule has 0 saturated heterocycles. The Hall–Kier alpha value is -3.39. The van der Waals surface area contributed by atoms with E-state index in [0.717, 1.165) is 16.7 Å². The van der Waals surface area contributed by atoms with E-state index in [1.807, 2.05) is 42.5 Å². The number of hydrogen-bond donors (Lipinski definition) is 4. The molecule has 0 fully saturated rings. The van der Waals surface area contributed by atoms with Gasteiger partial charge in [-0.15, -0.1) is 5.10 Å². The Morgan fingerprint density at radius 2 is 1.89 bits per heavy atom. The maximum absolute atomic E-state index is 12.1. The SMILES string of the molecule is O=C(O)CC(Cc1ccc(-c2cccc(Cl)c2)cc1)NC(=O)c1n[nH]c(=O)[nH]1. The summed E-state index contributed by atoms with van der Waals surface area (Å²) in [5.41, 5.74) is 2.18. The molecule has 8 nitrogen and oxygen atoms in total. The first-order valence-corrected chi connectivity index (χ1v) is 8.81. The van der Waals surface area contributed by atoms with Crippen LogP contribution in [0.4, 0.5) is 0 Å². The van der Waals surface area contributed by atoms with Crippen molar-refractivity contribution in [2.45, 2.75) is 18.9 Å². The van der Waals surface area contributed by atoms with E-state index < -0.39 is 23.6 Å². The van der Waals surface area contributed by atoms with Gasteiger partial charge in [-0.05, 0) is 35.2 Å². The highest BCUT2D eigenvalue weighted by molar-refractivity contribution is 6.30. The lowest BCUT2D eigenvalue weighted by Crippen LogP contribution is -2.38. The van der Waals surface area contributed by atoms with E-state index in [-0.39, 0.29) is 12.2 Å². The maximum atomic E-state index is 12.1. The molecule has 2 aromatic carbocycles. The van der Waals surface area contributed by atoms with Crippen LogP contribution in [0.15, 0.2) is 53.3 Å². The van der Waals surface area contributed by atoms with Gasteiger partial charge >= 0.3 is 11.7 Å². The fourth-order valence-corrected chi connectivity index (χ4v) is 2.99. The molecule has 0 saturated carbocycles. The summed E-state index contributed by atoms with van der Waals surface area (Å²) >= 11 is 6.02. The van der Waals surface area contributed by atoms with Crippen molar-refractivity contribution in [2.75, 3.05) is 0 Å². The number of aliphatic carboxylic acids is 1. The van der Waals surface area contributed by atoms with Gasteiger partial charge in [-0.3, -0.25) is 14.6 Å². The van der Waals surface area contributed by atoms with E-state index in [2.05, 4.69) is 20.5 Å². The van der Waals surface area contributed by atoms with Gasteiger partial charge in [-0.2, -0.15) is 0 Å². The van der Waals surface area contributed by atoms with Crippen LogP contribution in [0.25, 0.3) is 11.1 Å². The molecular formula is C19H17ClN4O4. The molecule has 0 aliphatic rings. The molecule has 1 atom stereocenters. The third-order valence-electron chi connectivity index (χ3n) is 4.07. The summed E-state index contributed by atoms with van der Waals surface area (Å²) in [6, 6.07) is 14.4. The average molecular weight is 401 g/mol. The lowest BCUT2D eigenvalue weighted by molar-refractivity contribution is -0.137. The number of carbonyl (C=O) groups excluding carboxylic acids is 1. The fraction of sp³-hybridized carbons (Fsp3) is 0.158. The lowest BCUT2D eigenvalue weighted by Gasteiger charge is -2.16. The molecule has 3 rings (SSSR count). The minimum absolute atomic E-state index is 0.198. The number of carboxylic acid groups (broad SMARTS) is 1. The number of amides is 1. The van der Waals surface area contributed by atoms with Crippen molar-refractivity contribution in [3.63, 3.8) is 0 Å². The summed E-state index contributed by atoms with van der Waals surface area (Å²) in [4.78, 5) is 36.6. The summed E-state index contributed by atoms with van der Waals surface area (Å²) in [5.74, 6) is -1.90. The largest absolute Gasteiger partial charge is 0.481 e. The van der Waals surface area contributed by atoms with Gasteiger partial charge in [-0.25, -0.2) is 9.89 Å². The van der Waals surface area contributed by atoms with Crippen LogP contribution in [0.1, 0.15) is 22.6 Å². The molecule has 28 heavy (non-hydrogen) atoms. The number of aromatic amines is 2. The number of carboxylic acids is 1. The number of H-pyrrole nitrogens is 2. The number of nitrogens with one attached hydrogen (secondary N) is 3. The Labute approximate surface area is 164 Å². The van der Waals surface area contributed by atoms with Gasteiger partial charge < -0.3 is 10.4 Å². The van der Waals surface area contributed by atoms with Crippen molar-refractivity contribution in [2.24, 2.45) is 0 Å². The second-order valence-electron chi connectivity index (χ2n) is 6.21. The highest BCUT2D eigenvalue weighted by atomic mass is 35.5. The van der Waals surface area contributed by atoms with Crippen molar-refractivity contribution < 1.29 is 14.7 Å². The number of halogens is 1. The normalized spacial score (nSPS) is 11.8. The zero-order valence-corrected chi connectivity index (χ0v) is 15.4. The molecule has 3 aromatic rings. The fourth-order valence-electron chi connectivity index (χ4n) is 2.80. The summed E-state index contributed by atoms with van der Waals surface area (Å²) in [6.45, 7) is 0. The van der Waals surface area contributed by atoms with Crippen LogP contribution in [-0.2, 0) is 11.2 Å². The third-order valence-corrected chi connectivity index (χ3v) is 4.30. The van der Waals surface area contributed by atoms with Gasteiger partial charge in [0.05, 0.1) is 6.42 Å². The smallest absolute Gasteiger partial charge is 0.341 e. The lowest BCUT2D eigenvalue weighted by atomic mass is 9.99. The van der Waals surface area contributed by atoms with Crippen LogP contribution in [0.2, 0.25) is 5.02 Å². The summed E-state index contributed by atoms with van der Waals surface area (Å²) in [6.07, 6.45) is 0.0406. The van der Waals surface area contributed by atoms with Crippen LogP contribution in [0.5, 0.6) is 0 Å². The van der Waals surface area contributed by atoms with E-state index in [4.69, 9.17) is 16.7 Å². The molecule has 1 aromatic heterocycles. The summed E-state index contributed by atoms with van der Waals surface area (Å²) < 4.78 is 0. The molecule has 0 aliphatic carbocycles. The van der Waals surface area contributed by atoms with Crippen molar-refractivity contribution in [3.05, 3.63) is 75.4 Å². The van der Waals surface area contributed by atoms with Crippen LogP contribution in [0.3, 0.4) is 0 Å². The van der Waals surface area contributed by atoms with E-state index in [0.29, 0.717) is 11.4 Å². The van der Waals surface area contributed by atoms with Crippen molar-refractivity contribution in [3.8, 4) is 11.1 Å². The van der Waals surface area contributed by atoms with Gasteiger partial charge in [-0.1, -0.05) is 48.0 Å². The first-order valence-electron chi connectivity index (χ1n) is 8.43. The molecular weight excluding hydrogens is 384 g/mol. The topological polar surface area (TPSA) is 128 Å². The molecule has 0 radical (unpaired) electrons. The van der Waals surface area contributed by atoms with Gasteiger partial charge in [0.15, 0.2) is 0 Å². The van der Waals surface area contributed by atoms with Crippen LogP contribution >= 0.6 is 11.6 Å². The minimum atomic E-state index is -1.05. The Morgan fingerprint density at radius 1 is 1.14 bits per heavy atom. The molecule has 144 valence electrons. The van der Waals surface area contributed by atoms with Crippen molar-refractivity contribution >= 4 is 23.5 Å². The zero-order valence-electron chi connectivity index (χ0n) is 14.6. The van der Waals surface area contributed by atoms with Crippen molar-refractivity contribution in [1.29, 1.82) is 0 Å². The monoisotopic (exact) mass is 400 g/mol. The van der Waals surface area contributed by atoms with Crippen LogP contribution in [-0.4, -0.2) is 38.2 Å². The Morgan fingerprint density at radius 3 is 2.50 bits per heavy atom. The van der Waals surface area contributed by atoms with E-state index in [9.17, 15) is 14.4 Å². The average Bonchev–Trinajstić information content (AvgIpc) is 3.08. The first-order chi connectivity index (χ1) is 13.4. The maximum Gasteiger partial charge on any atom is 0.341 e. The number of benzene rings is 2. The second-order valence-corrected chi connectivity index (χ2v) is 6.64. The van der Waals surface area contributed by atoms with Gasteiger partial charge in [0.2, 0.25) is 5.82 Å². The number of rotatable bonds is 7. The highest BCUT2D eigenvalue weighted by Gasteiger charge is 2.19. The summed E-state index contributed by atoms with van der Waals surface area (Å²) in [7, 11) is 0. The molecule has 0 spiro atoms. The molecule has 9 heteroatoms. The van der Waals surface area contributed by atoms with Gasteiger partial charge in [0.1, 0.15) is 0 Å². The minimum Gasteiger partial charge on any atom is -0.481 e. The Bertz CT molecular complexity index is 1040. The predicted molar refractivity (Wildman–Crippen MR) is 103 cm³/mol. The number of carbonyl (C=O) groups is 2. The van der Waals surface area contributed by atoms with Gasteiger partial charge in [0, 0.05) is 11.1 Å². The summed E-state index contributed by atoms with van der Waals surface area (Å²) in [5, 5.41) is 18.0. The Kier molecular flexibility index (Phi) is 5.90. The molecule has 1 amide bonds. The molecule has 4 N–H and O–H groups in total. The highest BCUT2D eigenvalue weighted by Crippen LogP contribution is 2.23. The quantitative estimate of drug-likeness (QED) is 0.483. The second kappa shape index (κ2) is 8.53. The number of aromatic nitrogens is 3. The van der Waals surface area contributed by atoms with E-state index in [1.54, 1.807) is 6.07 Å². The predicted octanol–water partition coefficient (Wildman–Crippen LogP) is 2.23. The zero-order chi connectivity index (χ0) is 20.1. The van der Waals surface area contributed by atoms with Crippen molar-refractivity contribution in [1.82, 2.24) is 20.5 Å².